The summed E-state index contributed by atoms with van der Waals surface area (Å²) in [6, 6.07) is 9.70. The van der Waals surface area contributed by atoms with Gasteiger partial charge in [-0.25, -0.2) is 13.1 Å². The standard InChI is InChI=1S/C20H24N2O3S2/c1-15-3-5-17(6-4-15)10-14-27(24,25)21-11-7-20(23)22-12-8-19-18(16(22)2)9-13-26-19/h3-6,9-10,13-14,16,21H,7-8,11-12H2,1-2H3/b14-10+/t16-/m1/s1. The molecule has 2 heterocycles. The Balaban J connectivity index is 1.51. The van der Waals surface area contributed by atoms with Crippen molar-refractivity contribution in [3.8, 4) is 0 Å². The third-order valence-electron chi connectivity index (χ3n) is 4.76. The minimum Gasteiger partial charge on any atom is -0.335 e. The fourth-order valence-electron chi connectivity index (χ4n) is 3.19. The first kappa shape index (κ1) is 19.8. The van der Waals surface area contributed by atoms with Crippen molar-refractivity contribution in [2.24, 2.45) is 0 Å². The molecule has 0 unspecified atom stereocenters. The van der Waals surface area contributed by atoms with E-state index in [0.717, 1.165) is 23.0 Å². The first-order chi connectivity index (χ1) is 12.9. The average Bonchev–Trinajstić information content (AvgIpc) is 3.11. The molecule has 1 aromatic carbocycles. The summed E-state index contributed by atoms with van der Waals surface area (Å²) in [6.45, 7) is 4.79. The number of hydrogen-bond acceptors (Lipinski definition) is 4. The van der Waals surface area contributed by atoms with Crippen molar-refractivity contribution < 1.29 is 13.2 Å². The second kappa shape index (κ2) is 8.37. The van der Waals surface area contributed by atoms with E-state index in [2.05, 4.69) is 16.2 Å². The first-order valence-electron chi connectivity index (χ1n) is 8.96. The molecule has 1 amide bonds. The molecule has 1 N–H and O–H groups in total. The van der Waals surface area contributed by atoms with Crippen LogP contribution in [0.4, 0.5) is 0 Å². The molecular weight excluding hydrogens is 380 g/mol. The van der Waals surface area contributed by atoms with E-state index < -0.39 is 10.0 Å². The van der Waals surface area contributed by atoms with Crippen molar-refractivity contribution in [2.45, 2.75) is 32.7 Å². The molecule has 0 fully saturated rings. The summed E-state index contributed by atoms with van der Waals surface area (Å²) >= 11 is 1.73. The minimum absolute atomic E-state index is 0.0236. The van der Waals surface area contributed by atoms with E-state index in [1.165, 1.54) is 10.4 Å². The number of thiophene rings is 1. The van der Waals surface area contributed by atoms with Crippen LogP contribution in [0, 0.1) is 6.92 Å². The maximum atomic E-state index is 12.5. The fourth-order valence-corrected chi connectivity index (χ4v) is 4.97. The zero-order valence-corrected chi connectivity index (χ0v) is 17.1. The molecule has 5 nitrogen and oxygen atoms in total. The van der Waals surface area contributed by atoms with Gasteiger partial charge in [-0.3, -0.25) is 4.79 Å². The third-order valence-corrected chi connectivity index (χ3v) is 6.85. The summed E-state index contributed by atoms with van der Waals surface area (Å²) < 4.78 is 26.7. The van der Waals surface area contributed by atoms with Crippen LogP contribution in [0.3, 0.4) is 0 Å². The van der Waals surface area contributed by atoms with E-state index in [1.54, 1.807) is 17.4 Å². The molecule has 7 heteroatoms. The number of nitrogens with zero attached hydrogens (tertiary/aromatic N) is 1. The van der Waals surface area contributed by atoms with Crippen LogP contribution in [0.5, 0.6) is 0 Å². The number of carbonyl (C=O) groups is 1. The van der Waals surface area contributed by atoms with E-state index in [4.69, 9.17) is 0 Å². The normalized spacial score (nSPS) is 17.3. The molecule has 3 rings (SSSR count). The second-order valence-corrected chi connectivity index (χ2v) is 9.37. The molecule has 1 aliphatic rings. The second-order valence-electron chi connectivity index (χ2n) is 6.72. The Labute approximate surface area is 164 Å². The average molecular weight is 405 g/mol. The van der Waals surface area contributed by atoms with Crippen molar-refractivity contribution in [1.29, 1.82) is 0 Å². The van der Waals surface area contributed by atoms with Crippen LogP contribution >= 0.6 is 11.3 Å². The van der Waals surface area contributed by atoms with E-state index in [-0.39, 0.29) is 24.9 Å². The zero-order chi connectivity index (χ0) is 19.4. The fraction of sp³-hybridized carbons (Fsp3) is 0.350. The highest BCUT2D eigenvalue weighted by Gasteiger charge is 2.27. The summed E-state index contributed by atoms with van der Waals surface area (Å²) in [5.41, 5.74) is 3.14. The van der Waals surface area contributed by atoms with Crippen LogP contribution in [0.25, 0.3) is 6.08 Å². The Morgan fingerprint density at radius 3 is 2.78 bits per heavy atom. The van der Waals surface area contributed by atoms with Gasteiger partial charge in [0.2, 0.25) is 15.9 Å². The summed E-state index contributed by atoms with van der Waals surface area (Å²) in [6.07, 6.45) is 2.57. The smallest absolute Gasteiger partial charge is 0.233 e. The third kappa shape index (κ3) is 5.06. The molecule has 1 aromatic heterocycles. The van der Waals surface area contributed by atoms with Gasteiger partial charge in [0.15, 0.2) is 0 Å². The Bertz CT molecular complexity index is 930. The number of amides is 1. The summed E-state index contributed by atoms with van der Waals surface area (Å²) in [5, 5.41) is 3.20. The van der Waals surface area contributed by atoms with Crippen molar-refractivity contribution in [1.82, 2.24) is 9.62 Å². The Morgan fingerprint density at radius 2 is 2.04 bits per heavy atom. The Kier molecular flexibility index (Phi) is 6.14. The quantitative estimate of drug-likeness (QED) is 0.802. The van der Waals surface area contributed by atoms with Crippen LogP contribution in [0.1, 0.15) is 41.0 Å². The van der Waals surface area contributed by atoms with E-state index in [9.17, 15) is 13.2 Å². The van der Waals surface area contributed by atoms with Gasteiger partial charge in [-0.15, -0.1) is 11.3 Å². The number of sulfonamides is 1. The van der Waals surface area contributed by atoms with Gasteiger partial charge < -0.3 is 4.90 Å². The SMILES string of the molecule is Cc1ccc(/C=C/S(=O)(=O)NCCC(=O)N2CCc3sccc3[C@H]2C)cc1. The van der Waals surface area contributed by atoms with Gasteiger partial charge in [-0.2, -0.15) is 0 Å². The molecular formula is C20H24N2O3S2. The molecule has 1 atom stereocenters. The largest absolute Gasteiger partial charge is 0.335 e. The molecule has 0 saturated heterocycles. The van der Waals surface area contributed by atoms with Crippen LogP contribution in [-0.4, -0.2) is 32.3 Å². The van der Waals surface area contributed by atoms with Gasteiger partial charge in [-0.1, -0.05) is 29.8 Å². The Morgan fingerprint density at radius 1 is 1.30 bits per heavy atom. The van der Waals surface area contributed by atoms with Gasteiger partial charge in [0, 0.05) is 29.8 Å². The molecule has 0 saturated carbocycles. The molecule has 27 heavy (non-hydrogen) atoms. The monoisotopic (exact) mass is 404 g/mol. The van der Waals surface area contributed by atoms with Gasteiger partial charge in [0.25, 0.3) is 0 Å². The minimum atomic E-state index is -3.57. The maximum absolute atomic E-state index is 12.5. The lowest BCUT2D eigenvalue weighted by atomic mass is 10.0. The number of fused-ring (bicyclic) bond motifs is 1. The van der Waals surface area contributed by atoms with Gasteiger partial charge in [0.1, 0.15) is 0 Å². The highest BCUT2D eigenvalue weighted by molar-refractivity contribution is 7.92. The first-order valence-corrected chi connectivity index (χ1v) is 11.4. The summed E-state index contributed by atoms with van der Waals surface area (Å²) in [4.78, 5) is 15.7. The lowest BCUT2D eigenvalue weighted by molar-refractivity contribution is -0.133. The number of carbonyl (C=O) groups excluding carboxylic acids is 1. The molecule has 0 aliphatic carbocycles. The highest BCUT2D eigenvalue weighted by atomic mass is 32.2. The van der Waals surface area contributed by atoms with Crippen molar-refractivity contribution in [3.63, 3.8) is 0 Å². The van der Waals surface area contributed by atoms with Crippen LogP contribution < -0.4 is 4.72 Å². The van der Waals surface area contributed by atoms with E-state index in [1.807, 2.05) is 43.0 Å². The van der Waals surface area contributed by atoms with Crippen LogP contribution in [0.2, 0.25) is 0 Å². The summed E-state index contributed by atoms with van der Waals surface area (Å²) in [5.74, 6) is -0.0236. The van der Waals surface area contributed by atoms with Crippen molar-refractivity contribution in [3.05, 3.63) is 62.7 Å². The lowest BCUT2D eigenvalue weighted by Crippen LogP contribution is -2.39. The number of hydrogen-bond donors (Lipinski definition) is 1. The molecule has 0 radical (unpaired) electrons. The number of rotatable bonds is 6. The van der Waals surface area contributed by atoms with Gasteiger partial charge >= 0.3 is 0 Å². The number of benzene rings is 1. The van der Waals surface area contributed by atoms with Gasteiger partial charge in [0.05, 0.1) is 6.04 Å². The predicted molar refractivity (Wildman–Crippen MR) is 110 cm³/mol. The molecule has 0 bridgehead atoms. The maximum Gasteiger partial charge on any atom is 0.233 e. The van der Waals surface area contributed by atoms with Crippen molar-refractivity contribution >= 4 is 33.3 Å². The highest BCUT2D eigenvalue weighted by Crippen LogP contribution is 2.32. The van der Waals surface area contributed by atoms with E-state index >= 15 is 0 Å². The van der Waals surface area contributed by atoms with E-state index in [0.29, 0.717) is 6.54 Å². The number of aryl methyl sites for hydroxylation is 1. The van der Waals surface area contributed by atoms with Crippen LogP contribution in [-0.2, 0) is 21.2 Å². The van der Waals surface area contributed by atoms with Crippen LogP contribution in [0.15, 0.2) is 41.1 Å². The molecule has 144 valence electrons. The molecule has 2 aromatic rings. The zero-order valence-electron chi connectivity index (χ0n) is 15.5. The lowest BCUT2D eigenvalue weighted by Gasteiger charge is -2.33. The van der Waals surface area contributed by atoms with Gasteiger partial charge in [-0.05, 0) is 48.9 Å². The Hall–Kier alpha value is -1.96. The number of nitrogens with one attached hydrogen (secondary N) is 1. The predicted octanol–water partition coefficient (Wildman–Crippen LogP) is 3.48. The summed E-state index contributed by atoms with van der Waals surface area (Å²) in [7, 11) is -3.57. The molecule has 1 aliphatic heterocycles. The van der Waals surface area contributed by atoms with Crippen molar-refractivity contribution in [2.75, 3.05) is 13.1 Å². The topological polar surface area (TPSA) is 66.5 Å². The molecule has 0 spiro atoms.